The van der Waals surface area contributed by atoms with Crippen LogP contribution in [0, 0.1) is 0 Å². The van der Waals surface area contributed by atoms with Gasteiger partial charge in [0.05, 0.1) is 0 Å². The number of halogens is 1. The van der Waals surface area contributed by atoms with Crippen molar-refractivity contribution in [3.05, 3.63) is 5.41 Å². The topological polar surface area (TPSA) is 39.4 Å². The summed E-state index contributed by atoms with van der Waals surface area (Å²) in [5, 5.41) is 6.76. The summed E-state index contributed by atoms with van der Waals surface area (Å²) in [5.41, 5.74) is 0. The monoisotopic (exact) mass is 101 g/mol. The van der Waals surface area contributed by atoms with Crippen LogP contribution in [0.3, 0.4) is 0 Å². The molecule has 0 spiro atoms. The largest absolute Gasteiger partial charge is 1.00 e. The summed E-state index contributed by atoms with van der Waals surface area (Å²) in [6.07, 6.45) is 0.500. The molecule has 0 unspecified atom stereocenters. The molecule has 0 aromatic rings. The van der Waals surface area contributed by atoms with Crippen molar-refractivity contribution < 1.29 is 34.4 Å². The van der Waals surface area contributed by atoms with Gasteiger partial charge in [-0.15, -0.1) is 12.4 Å². The first-order valence-electron chi connectivity index (χ1n) is 0.428. The van der Waals surface area contributed by atoms with Gasteiger partial charge < -0.3 is 5.41 Å². The van der Waals surface area contributed by atoms with Crippen molar-refractivity contribution >= 4 is 18.5 Å². The van der Waals surface area contributed by atoms with Crippen molar-refractivity contribution in [1.29, 1.82) is 0 Å². The van der Waals surface area contributed by atoms with Gasteiger partial charge in [-0.25, -0.2) is 0 Å². The molecule has 0 amide bonds. The molecule has 0 atom stereocenters. The molecule has 24 valence electrons. The van der Waals surface area contributed by atoms with E-state index in [1.807, 2.05) is 0 Å². The summed E-state index contributed by atoms with van der Waals surface area (Å²) in [5.74, 6) is 0. The minimum Gasteiger partial charge on any atom is -0.724 e. The van der Waals surface area contributed by atoms with Gasteiger partial charge in [-0.1, -0.05) is 0 Å². The van der Waals surface area contributed by atoms with Crippen LogP contribution in [0.5, 0.6) is 0 Å². The Morgan fingerprint density at radius 3 is 1.60 bits per heavy atom. The molecule has 4 heteroatoms. The van der Waals surface area contributed by atoms with Gasteiger partial charge in [-0.2, -0.15) is 0 Å². The predicted molar refractivity (Wildman–Crippen MR) is 16.3 cm³/mol. The Morgan fingerprint density at radius 1 is 1.60 bits per heavy atom. The molecule has 0 rings (SSSR count). The van der Waals surface area contributed by atoms with Gasteiger partial charge in [0.2, 0.25) is 0 Å². The zero-order valence-corrected chi connectivity index (χ0v) is 5.58. The van der Waals surface area contributed by atoms with Gasteiger partial charge in [0, 0.05) is 0 Å². The second-order valence-corrected chi connectivity index (χ2v) is 0.0913. The van der Waals surface area contributed by atoms with Gasteiger partial charge in [0.25, 0.3) is 0 Å². The third-order valence-corrected chi connectivity index (χ3v) is 0. The van der Waals surface area contributed by atoms with Crippen LogP contribution in [0.1, 0.15) is 0 Å². The van der Waals surface area contributed by atoms with Gasteiger partial charge >= 0.3 is 29.6 Å². The Bertz CT molecular complexity index is 32.6. The van der Waals surface area contributed by atoms with E-state index in [0.29, 0.717) is 6.08 Å². The van der Waals surface area contributed by atoms with Crippen molar-refractivity contribution in [2.75, 3.05) is 0 Å². The molecule has 0 aliphatic heterocycles. The molecule has 0 radical (unpaired) electrons. The first-order valence-corrected chi connectivity index (χ1v) is 0.428. The van der Waals surface area contributed by atoms with Crippen LogP contribution < -0.4 is 29.6 Å². The first-order chi connectivity index (χ1) is 1.41. The number of carbonyl (C=O) groups excluding carboxylic acids is 1. The molecule has 0 bridgehead atoms. The second kappa shape index (κ2) is 22.6. The van der Waals surface area contributed by atoms with E-state index in [4.69, 9.17) is 10.2 Å². The smallest absolute Gasteiger partial charge is 0.724 e. The van der Waals surface area contributed by atoms with E-state index in [0.717, 1.165) is 0 Å². The van der Waals surface area contributed by atoms with E-state index in [1.165, 1.54) is 0 Å². The minimum atomic E-state index is 0. The Balaban J connectivity index is -0.0000000200. The van der Waals surface area contributed by atoms with E-state index >= 15 is 0 Å². The van der Waals surface area contributed by atoms with Gasteiger partial charge in [-0.05, 0) is 6.08 Å². The quantitative estimate of drug-likeness (QED) is 0.186. The molecule has 0 aliphatic carbocycles. The van der Waals surface area contributed by atoms with E-state index in [2.05, 4.69) is 0 Å². The summed E-state index contributed by atoms with van der Waals surface area (Å²) < 4.78 is 0. The van der Waals surface area contributed by atoms with E-state index in [9.17, 15) is 0 Å². The Morgan fingerprint density at radius 2 is 1.60 bits per heavy atom. The van der Waals surface area contributed by atoms with Gasteiger partial charge in [-0.3, -0.25) is 4.79 Å². The predicted octanol–water partition coefficient (Wildman–Crippen LogP) is -2.68. The first kappa shape index (κ1) is 17.3. The summed E-state index contributed by atoms with van der Waals surface area (Å²) in [4.78, 5) is 8.24. The molecular weight excluding hydrogens is 100 g/mol. The number of hydrogen-bond donors (Lipinski definition) is 0. The van der Waals surface area contributed by atoms with Crippen LogP contribution in [0.15, 0.2) is 0 Å². The van der Waals surface area contributed by atoms with Crippen LogP contribution in [-0.4, -0.2) is 6.08 Å². The van der Waals surface area contributed by atoms with Crippen LogP contribution in [0.2, 0.25) is 0 Å². The second-order valence-electron chi connectivity index (χ2n) is 0.0913. The summed E-state index contributed by atoms with van der Waals surface area (Å²) in [7, 11) is 0. The summed E-state index contributed by atoms with van der Waals surface area (Å²) in [6, 6.07) is 0. The number of rotatable bonds is 0. The van der Waals surface area contributed by atoms with Gasteiger partial charge in [0.1, 0.15) is 0 Å². The average molecular weight is 101 g/mol. The molecule has 0 N–H and O–H groups in total. The van der Waals surface area contributed by atoms with Crippen molar-refractivity contribution in [3.8, 4) is 0 Å². The fourth-order valence-corrected chi connectivity index (χ4v) is 0. The minimum absolute atomic E-state index is 0. The van der Waals surface area contributed by atoms with Crippen LogP contribution >= 0.6 is 12.4 Å². The normalized spacial score (nSPS) is 1.60. The maximum Gasteiger partial charge on any atom is 1.00 e. The zero-order valence-electron chi connectivity index (χ0n) is 2.76. The van der Waals surface area contributed by atoms with Crippen molar-refractivity contribution in [3.63, 3.8) is 0 Å². The molecule has 0 aromatic heterocycles. The van der Waals surface area contributed by atoms with Crippen LogP contribution in [-0.2, 0) is 4.79 Å². The number of isocyanates is 1. The van der Waals surface area contributed by atoms with E-state index in [-0.39, 0.29) is 42.0 Å². The maximum absolute atomic E-state index is 8.24. The molecule has 0 saturated heterocycles. The molecule has 0 fully saturated rings. The van der Waals surface area contributed by atoms with E-state index in [1.54, 1.807) is 0 Å². The van der Waals surface area contributed by atoms with E-state index < -0.39 is 0 Å². The molecule has 0 aliphatic rings. The SMILES string of the molecule is Cl.[N-]=C=O.[Na+]. The fraction of sp³-hybridized carbons (Fsp3) is 0. The molecular formula is CHClNNaO. The van der Waals surface area contributed by atoms with Crippen LogP contribution in [0.25, 0.3) is 5.41 Å². The number of hydrogen-bond acceptors (Lipinski definition) is 1. The zero-order chi connectivity index (χ0) is 2.71. The molecule has 2 nitrogen and oxygen atoms in total. The van der Waals surface area contributed by atoms with Crippen molar-refractivity contribution in [2.24, 2.45) is 0 Å². The average Bonchev–Trinajstić information content (AvgIpc) is 0.918. The third-order valence-electron chi connectivity index (χ3n) is 0. The summed E-state index contributed by atoms with van der Waals surface area (Å²) in [6.45, 7) is 0. The third kappa shape index (κ3) is 74.2. The van der Waals surface area contributed by atoms with Crippen molar-refractivity contribution in [2.45, 2.75) is 0 Å². The fourth-order valence-electron chi connectivity index (χ4n) is 0. The number of nitrogens with zero attached hydrogens (tertiary/aromatic N) is 1. The van der Waals surface area contributed by atoms with Gasteiger partial charge in [0.15, 0.2) is 0 Å². The molecule has 0 aromatic carbocycles. The molecule has 5 heavy (non-hydrogen) atoms. The Labute approximate surface area is 58.2 Å². The maximum atomic E-state index is 8.24. The summed E-state index contributed by atoms with van der Waals surface area (Å²) >= 11 is 0. The molecule has 0 saturated carbocycles. The molecule has 0 heterocycles. The standard InChI is InChI=1S/CNO.ClH.Na/c2-1-3;;/h;1H;/q-1;;+1. The van der Waals surface area contributed by atoms with Crippen molar-refractivity contribution in [1.82, 2.24) is 0 Å². The Hall–Kier alpha value is 0.670. The Kier molecular flexibility index (Phi) is 78.2. The van der Waals surface area contributed by atoms with Crippen LogP contribution in [0.4, 0.5) is 0 Å².